The molecule has 0 atom stereocenters. The van der Waals surface area contributed by atoms with Crippen molar-refractivity contribution in [2.75, 3.05) is 5.32 Å². The summed E-state index contributed by atoms with van der Waals surface area (Å²) in [5.41, 5.74) is 2.95. The number of anilines is 1. The average molecular weight is 326 g/mol. The van der Waals surface area contributed by atoms with Gasteiger partial charge >= 0.3 is 0 Å². The quantitative estimate of drug-likeness (QED) is 0.918. The van der Waals surface area contributed by atoms with Crippen LogP contribution in [0.5, 0.6) is 0 Å². The normalized spacial score (nSPS) is 11.1. The molecule has 0 amide bonds. The molecule has 3 nitrogen and oxygen atoms in total. The summed E-state index contributed by atoms with van der Waals surface area (Å²) in [6.45, 7) is 4.86. The first-order valence-corrected chi connectivity index (χ1v) is 6.98. The number of nitrogens with one attached hydrogen (secondary N) is 1. The summed E-state index contributed by atoms with van der Waals surface area (Å²) in [5, 5.41) is 7.69. The molecule has 0 unspecified atom stereocenters. The lowest BCUT2D eigenvalue weighted by molar-refractivity contribution is 0.628. The first kappa shape index (κ1) is 14.1. The Morgan fingerprint density at radius 1 is 1.42 bits per heavy atom. The molecule has 0 saturated heterocycles. The number of hydrogen-bond acceptors (Lipinski definition) is 2. The van der Waals surface area contributed by atoms with Crippen molar-refractivity contribution in [3.8, 4) is 0 Å². The zero-order valence-electron chi connectivity index (χ0n) is 11.2. The second-order valence-electron chi connectivity index (χ2n) is 4.85. The minimum absolute atomic E-state index is 0.249. The van der Waals surface area contributed by atoms with Crippen LogP contribution in [0.4, 0.5) is 10.1 Å². The highest BCUT2D eigenvalue weighted by atomic mass is 79.9. The predicted molar refractivity (Wildman–Crippen MR) is 78.7 cm³/mol. The summed E-state index contributed by atoms with van der Waals surface area (Å²) >= 11 is 3.41. The summed E-state index contributed by atoms with van der Waals surface area (Å²) in [7, 11) is 1.91. The van der Waals surface area contributed by atoms with Crippen molar-refractivity contribution in [1.29, 1.82) is 0 Å². The van der Waals surface area contributed by atoms with Gasteiger partial charge in [0.25, 0.3) is 0 Å². The molecule has 102 valence electrons. The van der Waals surface area contributed by atoms with E-state index in [9.17, 15) is 4.39 Å². The second kappa shape index (κ2) is 5.74. The van der Waals surface area contributed by atoms with E-state index in [0.29, 0.717) is 12.5 Å². The van der Waals surface area contributed by atoms with Crippen molar-refractivity contribution in [1.82, 2.24) is 9.78 Å². The van der Waals surface area contributed by atoms with Crippen molar-refractivity contribution >= 4 is 21.6 Å². The molecule has 0 fully saturated rings. The topological polar surface area (TPSA) is 29.9 Å². The fourth-order valence-electron chi connectivity index (χ4n) is 2.00. The summed E-state index contributed by atoms with van der Waals surface area (Å²) < 4.78 is 15.9. The third kappa shape index (κ3) is 3.35. The molecular weight excluding hydrogens is 309 g/mol. The van der Waals surface area contributed by atoms with Gasteiger partial charge in [0.15, 0.2) is 0 Å². The average Bonchev–Trinajstić information content (AvgIpc) is 2.72. The molecule has 0 bridgehead atoms. The maximum atomic E-state index is 13.2. The van der Waals surface area contributed by atoms with Gasteiger partial charge in [0.1, 0.15) is 5.82 Å². The first-order valence-electron chi connectivity index (χ1n) is 6.18. The number of nitrogens with zero attached hydrogens (tertiary/aromatic N) is 2. The third-order valence-electron chi connectivity index (χ3n) is 2.88. The Morgan fingerprint density at radius 3 is 2.84 bits per heavy atom. The highest BCUT2D eigenvalue weighted by Crippen LogP contribution is 2.25. The van der Waals surface area contributed by atoms with Crippen LogP contribution < -0.4 is 5.32 Å². The Balaban J connectivity index is 2.16. The largest absolute Gasteiger partial charge is 0.380 e. The van der Waals surface area contributed by atoms with E-state index < -0.39 is 0 Å². The molecule has 0 spiro atoms. The van der Waals surface area contributed by atoms with E-state index in [1.165, 1.54) is 12.1 Å². The summed E-state index contributed by atoms with van der Waals surface area (Å²) in [5.74, 6) is 0.120. The van der Waals surface area contributed by atoms with E-state index >= 15 is 0 Å². The zero-order chi connectivity index (χ0) is 14.0. The molecule has 1 aromatic carbocycles. The van der Waals surface area contributed by atoms with Crippen LogP contribution in [0.25, 0.3) is 0 Å². The van der Waals surface area contributed by atoms with Crippen molar-refractivity contribution in [2.24, 2.45) is 7.05 Å². The van der Waals surface area contributed by atoms with Gasteiger partial charge < -0.3 is 5.32 Å². The van der Waals surface area contributed by atoms with Gasteiger partial charge in [0, 0.05) is 29.8 Å². The Bertz CT molecular complexity index is 578. The Labute approximate surface area is 121 Å². The highest BCUT2D eigenvalue weighted by Gasteiger charge is 2.11. The van der Waals surface area contributed by atoms with Crippen molar-refractivity contribution in [3.05, 3.63) is 45.9 Å². The molecule has 1 N–H and O–H groups in total. The van der Waals surface area contributed by atoms with Crippen LogP contribution >= 0.6 is 15.9 Å². The molecule has 1 heterocycles. The van der Waals surface area contributed by atoms with E-state index in [1.807, 2.05) is 17.9 Å². The summed E-state index contributed by atoms with van der Waals surface area (Å²) in [6, 6.07) is 4.61. The Kier molecular flexibility index (Phi) is 4.24. The lowest BCUT2D eigenvalue weighted by Crippen LogP contribution is -2.03. The van der Waals surface area contributed by atoms with Gasteiger partial charge in [-0.15, -0.1) is 0 Å². The minimum atomic E-state index is -0.249. The Hall–Kier alpha value is -1.36. The molecule has 1 aromatic heterocycles. The maximum absolute atomic E-state index is 13.2. The van der Waals surface area contributed by atoms with Crippen LogP contribution in [-0.2, 0) is 13.6 Å². The lowest BCUT2D eigenvalue weighted by Gasteiger charge is -2.10. The fraction of sp³-hybridized carbons (Fsp3) is 0.357. The molecule has 5 heteroatoms. The number of halogens is 2. The van der Waals surface area contributed by atoms with Gasteiger partial charge in [0.05, 0.1) is 11.4 Å². The SMILES string of the molecule is CC(C)c1nn(C)cc1CNc1cc(F)ccc1Br. The van der Waals surface area contributed by atoms with Gasteiger partial charge in [-0.05, 0) is 40.0 Å². The molecule has 2 rings (SSSR count). The number of aromatic nitrogens is 2. The van der Waals surface area contributed by atoms with Crippen LogP contribution in [-0.4, -0.2) is 9.78 Å². The van der Waals surface area contributed by atoms with Gasteiger partial charge in [0.2, 0.25) is 0 Å². The van der Waals surface area contributed by atoms with E-state index in [2.05, 4.69) is 40.2 Å². The molecule has 0 aliphatic heterocycles. The zero-order valence-corrected chi connectivity index (χ0v) is 12.8. The smallest absolute Gasteiger partial charge is 0.125 e. The fourth-order valence-corrected chi connectivity index (χ4v) is 2.39. The minimum Gasteiger partial charge on any atom is -0.380 e. The standard InChI is InChI=1S/C14H17BrFN3/c1-9(2)14-10(8-19(3)18-14)7-17-13-6-11(16)4-5-12(13)15/h4-6,8-9,17H,7H2,1-3H3. The van der Waals surface area contributed by atoms with Crippen molar-refractivity contribution in [3.63, 3.8) is 0 Å². The van der Waals surface area contributed by atoms with Crippen LogP contribution in [0.3, 0.4) is 0 Å². The van der Waals surface area contributed by atoms with Gasteiger partial charge in [-0.3, -0.25) is 4.68 Å². The number of aryl methyl sites for hydroxylation is 1. The van der Waals surface area contributed by atoms with Crippen molar-refractivity contribution < 1.29 is 4.39 Å². The van der Waals surface area contributed by atoms with E-state index in [1.54, 1.807) is 6.07 Å². The third-order valence-corrected chi connectivity index (χ3v) is 3.57. The molecule has 0 aliphatic carbocycles. The monoisotopic (exact) mass is 325 g/mol. The number of rotatable bonds is 4. The van der Waals surface area contributed by atoms with E-state index in [0.717, 1.165) is 21.4 Å². The molecule has 0 radical (unpaired) electrons. The van der Waals surface area contributed by atoms with Gasteiger partial charge in [-0.1, -0.05) is 13.8 Å². The molecule has 0 aliphatic rings. The van der Waals surface area contributed by atoms with Gasteiger partial charge in [-0.2, -0.15) is 5.10 Å². The highest BCUT2D eigenvalue weighted by molar-refractivity contribution is 9.10. The molecule has 19 heavy (non-hydrogen) atoms. The Morgan fingerprint density at radius 2 is 2.16 bits per heavy atom. The van der Waals surface area contributed by atoms with Crippen LogP contribution in [0, 0.1) is 5.82 Å². The van der Waals surface area contributed by atoms with Crippen LogP contribution in [0.2, 0.25) is 0 Å². The number of hydrogen-bond donors (Lipinski definition) is 1. The summed E-state index contributed by atoms with van der Waals surface area (Å²) in [6.07, 6.45) is 2.00. The number of benzene rings is 1. The molecular formula is C14H17BrFN3. The molecule has 0 saturated carbocycles. The second-order valence-corrected chi connectivity index (χ2v) is 5.70. The molecule has 2 aromatic rings. The summed E-state index contributed by atoms with van der Waals surface area (Å²) in [4.78, 5) is 0. The van der Waals surface area contributed by atoms with E-state index in [4.69, 9.17) is 0 Å². The van der Waals surface area contributed by atoms with Crippen molar-refractivity contribution in [2.45, 2.75) is 26.3 Å². The predicted octanol–water partition coefficient (Wildman–Crippen LogP) is 4.06. The van der Waals surface area contributed by atoms with Crippen LogP contribution in [0.1, 0.15) is 31.0 Å². The van der Waals surface area contributed by atoms with E-state index in [-0.39, 0.29) is 5.82 Å². The lowest BCUT2D eigenvalue weighted by atomic mass is 10.1. The first-order chi connectivity index (χ1) is 8.97. The van der Waals surface area contributed by atoms with Gasteiger partial charge in [-0.25, -0.2) is 4.39 Å². The van der Waals surface area contributed by atoms with Crippen LogP contribution in [0.15, 0.2) is 28.9 Å². The maximum Gasteiger partial charge on any atom is 0.125 e.